The van der Waals surface area contributed by atoms with Crippen molar-refractivity contribution < 1.29 is 17.6 Å². The van der Waals surface area contributed by atoms with Crippen molar-refractivity contribution in [2.45, 2.75) is 0 Å². The Morgan fingerprint density at radius 2 is 1.15 bits per heavy atom. The molecule has 0 spiro atoms. The van der Waals surface area contributed by atoms with Crippen LogP contribution in [0.5, 0.6) is 0 Å². The minimum Gasteiger partial charge on any atom is -0.308 e. The van der Waals surface area contributed by atoms with Crippen LogP contribution in [-0.4, -0.2) is 4.40 Å². The third kappa shape index (κ3) is 1.64. The van der Waals surface area contributed by atoms with Gasteiger partial charge in [0, 0.05) is 21.5 Å². The molecular weight excluding hydrogens is 358 g/mol. The first-order chi connectivity index (χ1) is 13.0. The van der Waals surface area contributed by atoms with Gasteiger partial charge in [-0.05, 0) is 12.1 Å². The highest BCUT2D eigenvalue weighted by Gasteiger charge is 2.26. The van der Waals surface area contributed by atoms with Crippen LogP contribution < -0.4 is 0 Å². The van der Waals surface area contributed by atoms with Crippen LogP contribution in [0.3, 0.4) is 0 Å². The van der Waals surface area contributed by atoms with Gasteiger partial charge in [-0.25, -0.2) is 17.6 Å². The Balaban J connectivity index is 2.21. The lowest BCUT2D eigenvalue weighted by Crippen LogP contribution is -1.94. The molecule has 0 aliphatic carbocycles. The van der Waals surface area contributed by atoms with E-state index >= 15 is 0 Å². The average molecular weight is 363 g/mol. The molecule has 5 rings (SSSR count). The number of hydrogen-bond donors (Lipinski definition) is 0. The maximum atomic E-state index is 14.7. The lowest BCUT2D eigenvalue weighted by Gasteiger charge is -2.03. The van der Waals surface area contributed by atoms with Crippen molar-refractivity contribution in [3.05, 3.63) is 64.7 Å². The fourth-order valence-corrected chi connectivity index (χ4v) is 3.81. The van der Waals surface area contributed by atoms with Gasteiger partial charge in [-0.2, -0.15) is 10.5 Å². The van der Waals surface area contributed by atoms with E-state index in [-0.39, 0.29) is 21.8 Å². The van der Waals surface area contributed by atoms with Crippen molar-refractivity contribution in [1.82, 2.24) is 4.40 Å². The zero-order valence-electron chi connectivity index (χ0n) is 13.2. The van der Waals surface area contributed by atoms with E-state index in [1.807, 2.05) is 0 Å². The summed E-state index contributed by atoms with van der Waals surface area (Å²) in [5, 5.41) is 18.7. The van der Waals surface area contributed by atoms with Crippen LogP contribution in [0.1, 0.15) is 11.1 Å². The van der Waals surface area contributed by atoms with Crippen molar-refractivity contribution >= 4 is 38.1 Å². The monoisotopic (exact) mass is 363 g/mol. The molecule has 7 heteroatoms. The molecule has 3 aromatic carbocycles. The van der Waals surface area contributed by atoms with Crippen LogP contribution >= 0.6 is 0 Å². The number of halogens is 4. The first-order valence-electron chi connectivity index (χ1n) is 7.77. The van der Waals surface area contributed by atoms with Gasteiger partial charge in [-0.1, -0.05) is 18.2 Å². The van der Waals surface area contributed by atoms with Crippen molar-refractivity contribution in [2.24, 2.45) is 0 Å². The fourth-order valence-electron chi connectivity index (χ4n) is 3.81. The Hall–Kier alpha value is -3.84. The summed E-state index contributed by atoms with van der Waals surface area (Å²) >= 11 is 0. The standard InChI is InChI=1S/C20H5F4N3/c21-16-8(6-25)4-12-14(18(16)23)10-2-1-3-11-15-13(27(12)20(10)11)5-9(7-26)17(22)19(15)24/h1-5H. The van der Waals surface area contributed by atoms with Gasteiger partial charge in [0.05, 0.1) is 27.7 Å². The molecule has 0 aliphatic heterocycles. The molecule has 5 aromatic rings. The second-order valence-corrected chi connectivity index (χ2v) is 6.15. The van der Waals surface area contributed by atoms with Gasteiger partial charge in [0.25, 0.3) is 0 Å². The highest BCUT2D eigenvalue weighted by molar-refractivity contribution is 6.23. The van der Waals surface area contributed by atoms with Gasteiger partial charge >= 0.3 is 0 Å². The molecule has 0 aliphatic rings. The zero-order chi connectivity index (χ0) is 19.0. The highest BCUT2D eigenvalue weighted by Crippen LogP contribution is 2.42. The normalized spacial score (nSPS) is 11.6. The summed E-state index contributed by atoms with van der Waals surface area (Å²) in [7, 11) is 0. The van der Waals surface area contributed by atoms with Crippen molar-refractivity contribution in [3.8, 4) is 12.1 Å². The average Bonchev–Trinajstić information content (AvgIpc) is 3.18. The molecule has 128 valence electrons. The maximum absolute atomic E-state index is 14.7. The number of nitriles is 2. The van der Waals surface area contributed by atoms with Gasteiger partial charge in [0.1, 0.15) is 12.1 Å². The third-order valence-corrected chi connectivity index (χ3v) is 4.89. The molecule has 2 aromatic heterocycles. The van der Waals surface area contributed by atoms with Crippen LogP contribution in [0, 0.1) is 45.9 Å². The van der Waals surface area contributed by atoms with Crippen molar-refractivity contribution in [3.63, 3.8) is 0 Å². The fraction of sp³-hybridized carbons (Fsp3) is 0. The van der Waals surface area contributed by atoms with Crippen LogP contribution in [0.15, 0.2) is 30.3 Å². The van der Waals surface area contributed by atoms with Gasteiger partial charge in [0.2, 0.25) is 0 Å². The van der Waals surface area contributed by atoms with E-state index in [0.717, 1.165) is 0 Å². The number of para-hydroxylation sites is 1. The first-order valence-corrected chi connectivity index (χ1v) is 7.77. The van der Waals surface area contributed by atoms with E-state index in [1.165, 1.54) is 34.7 Å². The molecule has 0 saturated heterocycles. The summed E-state index contributed by atoms with van der Waals surface area (Å²) in [5.74, 6) is -4.90. The van der Waals surface area contributed by atoms with Crippen LogP contribution in [0.4, 0.5) is 17.6 Å². The van der Waals surface area contributed by atoms with E-state index in [2.05, 4.69) is 0 Å². The van der Waals surface area contributed by atoms with Gasteiger partial charge in [-0.15, -0.1) is 0 Å². The SMILES string of the molecule is N#Cc1cc2c(c(F)c1F)c1cccc3c4c(F)c(F)c(C#N)cc4n2c13. The smallest absolute Gasteiger partial charge is 0.177 e. The van der Waals surface area contributed by atoms with Crippen molar-refractivity contribution in [2.75, 3.05) is 0 Å². The minimum absolute atomic E-state index is 0.0581. The molecule has 27 heavy (non-hydrogen) atoms. The van der Waals surface area contributed by atoms with Crippen LogP contribution in [0.2, 0.25) is 0 Å². The maximum Gasteiger partial charge on any atom is 0.177 e. The number of aromatic nitrogens is 1. The number of rotatable bonds is 0. The summed E-state index contributed by atoms with van der Waals surface area (Å²) in [6, 6.07) is 10.1. The van der Waals surface area contributed by atoms with Crippen molar-refractivity contribution in [1.29, 1.82) is 10.5 Å². The van der Waals surface area contributed by atoms with Gasteiger partial charge < -0.3 is 4.40 Å². The van der Waals surface area contributed by atoms with E-state index in [1.54, 1.807) is 12.1 Å². The lowest BCUT2D eigenvalue weighted by atomic mass is 10.0. The van der Waals surface area contributed by atoms with Gasteiger partial charge in [-0.3, -0.25) is 0 Å². The van der Waals surface area contributed by atoms with E-state index in [0.29, 0.717) is 16.3 Å². The van der Waals surface area contributed by atoms with Crippen LogP contribution in [-0.2, 0) is 0 Å². The molecule has 0 saturated carbocycles. The second-order valence-electron chi connectivity index (χ2n) is 6.15. The number of benzene rings is 3. The molecule has 2 heterocycles. The topological polar surface area (TPSA) is 52.0 Å². The molecule has 0 atom stereocenters. The number of nitrogens with zero attached hydrogens (tertiary/aromatic N) is 3. The molecule has 3 nitrogen and oxygen atoms in total. The highest BCUT2D eigenvalue weighted by atomic mass is 19.2. The number of hydrogen-bond acceptors (Lipinski definition) is 2. The Morgan fingerprint density at radius 1 is 0.704 bits per heavy atom. The van der Waals surface area contributed by atoms with E-state index < -0.39 is 34.4 Å². The van der Waals surface area contributed by atoms with Crippen LogP contribution in [0.25, 0.3) is 38.1 Å². The lowest BCUT2D eigenvalue weighted by molar-refractivity contribution is 0.514. The Morgan fingerprint density at radius 3 is 1.56 bits per heavy atom. The second kappa shape index (κ2) is 4.87. The molecule has 0 radical (unpaired) electrons. The predicted molar refractivity (Wildman–Crippen MR) is 90.4 cm³/mol. The number of fused-ring (bicyclic) bond motifs is 6. The molecule has 0 bridgehead atoms. The zero-order valence-corrected chi connectivity index (χ0v) is 13.2. The Kier molecular flexibility index (Phi) is 2.78. The molecule has 0 unspecified atom stereocenters. The summed E-state index contributed by atoms with van der Waals surface area (Å²) in [6.45, 7) is 0. The quantitative estimate of drug-likeness (QED) is 0.358. The molecule has 0 amide bonds. The summed E-state index contributed by atoms with van der Waals surface area (Å²) in [5.41, 5.74) is -0.360. The minimum atomic E-state index is -1.27. The Labute approximate surface area is 148 Å². The largest absolute Gasteiger partial charge is 0.308 e. The predicted octanol–water partition coefficient (Wildman–Crippen LogP) is 5.14. The Bertz CT molecular complexity index is 1420. The summed E-state index contributed by atoms with van der Waals surface area (Å²) in [6.07, 6.45) is 0. The van der Waals surface area contributed by atoms with E-state index in [4.69, 9.17) is 10.5 Å². The molecule has 0 fully saturated rings. The molecular formula is C20H5F4N3. The summed E-state index contributed by atoms with van der Waals surface area (Å²) < 4.78 is 59.1. The van der Waals surface area contributed by atoms with Gasteiger partial charge in [0.15, 0.2) is 23.3 Å². The third-order valence-electron chi connectivity index (χ3n) is 4.89. The molecule has 0 N–H and O–H groups in total. The van der Waals surface area contributed by atoms with E-state index in [9.17, 15) is 17.6 Å². The first kappa shape index (κ1) is 15.4. The summed E-state index contributed by atoms with van der Waals surface area (Å²) in [4.78, 5) is 0.